The van der Waals surface area contributed by atoms with Gasteiger partial charge in [0, 0.05) is 23.2 Å². The van der Waals surface area contributed by atoms with Gasteiger partial charge in [0.15, 0.2) is 0 Å². The van der Waals surface area contributed by atoms with Crippen molar-refractivity contribution in [2.45, 2.75) is 23.9 Å². The Morgan fingerprint density at radius 2 is 1.61 bits per heavy atom. The molecule has 0 saturated carbocycles. The summed E-state index contributed by atoms with van der Waals surface area (Å²) in [7, 11) is 1.89. The van der Waals surface area contributed by atoms with Crippen molar-refractivity contribution >= 4 is 27.5 Å². The van der Waals surface area contributed by atoms with Crippen LogP contribution in [0.25, 0.3) is 0 Å². The van der Waals surface area contributed by atoms with Gasteiger partial charge in [-0.1, -0.05) is 76.6 Å². The molecule has 28 heavy (non-hydrogen) atoms. The van der Waals surface area contributed by atoms with E-state index in [4.69, 9.17) is 0 Å². The minimum absolute atomic E-state index is 0.0686. The second-order valence-electron chi connectivity index (χ2n) is 7.67. The van der Waals surface area contributed by atoms with E-state index in [2.05, 4.69) is 69.8 Å². The Bertz CT molecular complexity index is 1030. The average molecular weight is 433 g/mol. The van der Waals surface area contributed by atoms with Crippen LogP contribution in [0.3, 0.4) is 0 Å². The van der Waals surface area contributed by atoms with Gasteiger partial charge in [-0.2, -0.15) is 0 Å². The molecule has 3 aromatic rings. The van der Waals surface area contributed by atoms with Crippen molar-refractivity contribution in [2.75, 3.05) is 11.9 Å². The van der Waals surface area contributed by atoms with Crippen molar-refractivity contribution in [3.8, 4) is 0 Å². The molecule has 5 rings (SSSR count). The predicted molar refractivity (Wildman–Crippen MR) is 115 cm³/mol. The highest BCUT2D eigenvalue weighted by atomic mass is 79.9. The quantitative estimate of drug-likeness (QED) is 0.607. The Kier molecular flexibility index (Phi) is 4.14. The summed E-state index contributed by atoms with van der Waals surface area (Å²) < 4.78 is 1.06. The molecule has 2 heterocycles. The second kappa shape index (κ2) is 6.57. The van der Waals surface area contributed by atoms with Crippen LogP contribution in [-0.2, 0) is 10.2 Å². The molecule has 140 valence electrons. The van der Waals surface area contributed by atoms with Gasteiger partial charge in [0.25, 0.3) is 0 Å². The normalized spacial score (nSPS) is 26.1. The van der Waals surface area contributed by atoms with E-state index >= 15 is 0 Å². The van der Waals surface area contributed by atoms with E-state index in [0.29, 0.717) is 0 Å². The van der Waals surface area contributed by atoms with Crippen LogP contribution in [0.5, 0.6) is 0 Å². The fraction of sp³-hybridized carbons (Fsp3) is 0.208. The van der Waals surface area contributed by atoms with E-state index in [0.717, 1.165) is 27.7 Å². The number of likely N-dealkylation sites (N-methyl/N-ethyl adjacent to an activating group) is 1. The largest absolute Gasteiger partial charge is 0.314 e. The summed E-state index contributed by atoms with van der Waals surface area (Å²) in [5.41, 5.74) is 3.92. The maximum atomic E-state index is 13.7. The summed E-state index contributed by atoms with van der Waals surface area (Å²) in [5, 5.41) is 3.80. The van der Waals surface area contributed by atoms with Crippen molar-refractivity contribution in [1.82, 2.24) is 5.32 Å². The molecule has 2 aliphatic rings. The van der Waals surface area contributed by atoms with Gasteiger partial charge in [-0.3, -0.25) is 4.79 Å². The van der Waals surface area contributed by atoms with E-state index in [1.165, 1.54) is 5.56 Å². The van der Waals surface area contributed by atoms with Crippen LogP contribution in [0.2, 0.25) is 0 Å². The molecule has 0 aliphatic carbocycles. The lowest BCUT2D eigenvalue weighted by molar-refractivity contribution is -0.123. The van der Waals surface area contributed by atoms with E-state index in [-0.39, 0.29) is 18.0 Å². The minimum Gasteiger partial charge on any atom is -0.314 e. The lowest BCUT2D eigenvalue weighted by Gasteiger charge is -2.30. The zero-order valence-electron chi connectivity index (χ0n) is 15.6. The lowest BCUT2D eigenvalue weighted by atomic mass is 9.72. The molecule has 3 aromatic carbocycles. The number of carbonyl (C=O) groups excluding carboxylic acids is 1. The van der Waals surface area contributed by atoms with Gasteiger partial charge in [0.2, 0.25) is 5.91 Å². The van der Waals surface area contributed by atoms with Crippen molar-refractivity contribution in [3.05, 3.63) is 100 Å². The van der Waals surface area contributed by atoms with Gasteiger partial charge >= 0.3 is 0 Å². The fourth-order valence-corrected chi connectivity index (χ4v) is 5.19. The molecular weight excluding hydrogens is 412 g/mol. The van der Waals surface area contributed by atoms with Crippen molar-refractivity contribution in [3.63, 3.8) is 0 Å². The number of hydrogen-bond donors (Lipinski definition) is 1. The molecule has 1 amide bonds. The van der Waals surface area contributed by atoms with Crippen LogP contribution in [0.1, 0.15) is 35.2 Å². The topological polar surface area (TPSA) is 32.3 Å². The molecule has 1 saturated heterocycles. The van der Waals surface area contributed by atoms with Gasteiger partial charge in [-0.05, 0) is 41.3 Å². The van der Waals surface area contributed by atoms with E-state index in [9.17, 15) is 4.79 Å². The molecule has 1 fully saturated rings. The van der Waals surface area contributed by atoms with Crippen LogP contribution in [0.15, 0.2) is 83.3 Å². The first-order valence-corrected chi connectivity index (χ1v) is 10.3. The van der Waals surface area contributed by atoms with Crippen LogP contribution >= 0.6 is 15.9 Å². The molecule has 4 heteroatoms. The highest BCUT2D eigenvalue weighted by Gasteiger charge is 2.59. The third-order valence-corrected chi connectivity index (χ3v) is 6.75. The Morgan fingerprint density at radius 1 is 0.929 bits per heavy atom. The molecule has 0 radical (unpaired) electrons. The molecule has 2 aliphatic heterocycles. The first-order chi connectivity index (χ1) is 13.6. The summed E-state index contributed by atoms with van der Waals surface area (Å²) in [6, 6.07) is 27.0. The minimum atomic E-state index is -0.593. The molecule has 1 spiro atoms. The van der Waals surface area contributed by atoms with Crippen LogP contribution in [0.4, 0.5) is 5.69 Å². The SMILES string of the molecule is CN1C(=O)[C@@]2(C[C@H](c3ccc(Br)cc3)N[C@@H]2c2ccccc2)c2ccccc21. The number of nitrogens with zero attached hydrogens (tertiary/aromatic N) is 1. The van der Waals surface area contributed by atoms with Gasteiger partial charge in [-0.25, -0.2) is 0 Å². The smallest absolute Gasteiger partial charge is 0.239 e. The molecule has 3 nitrogen and oxygen atoms in total. The number of hydrogen-bond acceptors (Lipinski definition) is 2. The summed E-state index contributed by atoms with van der Waals surface area (Å²) in [5.74, 6) is 0.176. The molecule has 3 atom stereocenters. The summed E-state index contributed by atoms with van der Waals surface area (Å²) in [6.45, 7) is 0. The highest BCUT2D eigenvalue weighted by molar-refractivity contribution is 9.10. The van der Waals surface area contributed by atoms with Gasteiger partial charge in [0.1, 0.15) is 0 Å². The molecular formula is C24H21BrN2O. The van der Waals surface area contributed by atoms with Gasteiger partial charge in [-0.15, -0.1) is 0 Å². The van der Waals surface area contributed by atoms with Crippen LogP contribution < -0.4 is 10.2 Å². The fourth-order valence-electron chi connectivity index (χ4n) is 4.92. The number of carbonyl (C=O) groups is 1. The molecule has 0 bridgehead atoms. The summed E-state index contributed by atoms with van der Waals surface area (Å²) in [4.78, 5) is 15.5. The van der Waals surface area contributed by atoms with Crippen LogP contribution in [0, 0.1) is 0 Å². The first-order valence-electron chi connectivity index (χ1n) is 9.55. The predicted octanol–water partition coefficient (Wildman–Crippen LogP) is 5.14. The number of para-hydroxylation sites is 1. The number of rotatable bonds is 2. The maximum absolute atomic E-state index is 13.7. The number of amides is 1. The average Bonchev–Trinajstić information content (AvgIpc) is 3.23. The van der Waals surface area contributed by atoms with Crippen molar-refractivity contribution in [1.29, 1.82) is 0 Å². The Hall–Kier alpha value is -2.43. The highest BCUT2D eigenvalue weighted by Crippen LogP contribution is 2.56. The molecule has 0 unspecified atom stereocenters. The zero-order chi connectivity index (χ0) is 19.3. The third-order valence-electron chi connectivity index (χ3n) is 6.22. The Labute approximate surface area is 173 Å². The number of halogens is 1. The number of benzene rings is 3. The Balaban J connectivity index is 1.68. The molecule has 0 aromatic heterocycles. The van der Waals surface area contributed by atoms with E-state index in [1.54, 1.807) is 0 Å². The monoisotopic (exact) mass is 432 g/mol. The number of nitrogens with one attached hydrogen (secondary N) is 1. The lowest BCUT2D eigenvalue weighted by Crippen LogP contribution is -2.42. The molecule has 1 N–H and O–H groups in total. The number of anilines is 1. The summed E-state index contributed by atoms with van der Waals surface area (Å²) in [6.07, 6.45) is 0.744. The third kappa shape index (κ3) is 2.48. The van der Waals surface area contributed by atoms with E-state index in [1.807, 2.05) is 42.3 Å². The van der Waals surface area contributed by atoms with Gasteiger partial charge in [0.05, 0.1) is 11.5 Å². The van der Waals surface area contributed by atoms with Crippen LogP contribution in [-0.4, -0.2) is 13.0 Å². The van der Waals surface area contributed by atoms with Gasteiger partial charge < -0.3 is 10.2 Å². The standard InChI is InChI=1S/C24H21BrN2O/c1-27-21-10-6-5-9-19(21)24(23(27)28)15-20(16-11-13-18(25)14-12-16)26-22(24)17-7-3-2-4-8-17/h2-14,20,22,26H,15H2,1H3/t20-,22-,24+/m1/s1. The van der Waals surface area contributed by atoms with Crippen molar-refractivity contribution in [2.24, 2.45) is 0 Å². The van der Waals surface area contributed by atoms with Crippen molar-refractivity contribution < 1.29 is 4.79 Å². The summed E-state index contributed by atoms with van der Waals surface area (Å²) >= 11 is 3.52. The second-order valence-corrected chi connectivity index (χ2v) is 8.59. The zero-order valence-corrected chi connectivity index (χ0v) is 17.2. The Morgan fingerprint density at radius 3 is 2.36 bits per heavy atom. The maximum Gasteiger partial charge on any atom is 0.239 e. The number of fused-ring (bicyclic) bond motifs is 2. The van der Waals surface area contributed by atoms with E-state index < -0.39 is 5.41 Å². The first kappa shape index (κ1) is 17.7.